The van der Waals surface area contributed by atoms with Gasteiger partial charge < -0.3 is 4.74 Å². The molecule has 1 saturated heterocycles. The molecule has 1 heterocycles. The topological polar surface area (TPSA) is 9.23 Å². The summed E-state index contributed by atoms with van der Waals surface area (Å²) in [4.78, 5) is 0. The van der Waals surface area contributed by atoms with Gasteiger partial charge >= 0.3 is 0 Å². The van der Waals surface area contributed by atoms with Crippen molar-refractivity contribution in [3.8, 4) is 0 Å². The maximum atomic E-state index is 5.38. The second-order valence-electron chi connectivity index (χ2n) is 3.49. The van der Waals surface area contributed by atoms with Crippen LogP contribution in [0.4, 0.5) is 0 Å². The quantitative estimate of drug-likeness (QED) is 0.712. The minimum Gasteiger partial charge on any atom is -0.381 e. The second-order valence-corrected chi connectivity index (χ2v) is 5.04. The zero-order chi connectivity index (χ0) is 8.86. The Kier molecular flexibility index (Phi) is 4.99. The SMILES string of the molecule is CSCCC1(CBr)CCOCC1. The Morgan fingerprint density at radius 1 is 1.42 bits per heavy atom. The molecule has 0 aromatic carbocycles. The lowest BCUT2D eigenvalue weighted by molar-refractivity contribution is 0.0256. The molecule has 0 N–H and O–H groups in total. The van der Waals surface area contributed by atoms with Crippen LogP contribution in [0.25, 0.3) is 0 Å². The summed E-state index contributed by atoms with van der Waals surface area (Å²) in [6, 6.07) is 0. The molecule has 72 valence electrons. The molecule has 12 heavy (non-hydrogen) atoms. The lowest BCUT2D eigenvalue weighted by Crippen LogP contribution is -2.31. The number of hydrogen-bond donors (Lipinski definition) is 0. The van der Waals surface area contributed by atoms with Gasteiger partial charge in [-0.25, -0.2) is 0 Å². The fourth-order valence-electron chi connectivity index (χ4n) is 1.57. The largest absolute Gasteiger partial charge is 0.381 e. The van der Waals surface area contributed by atoms with Crippen molar-refractivity contribution in [2.24, 2.45) is 5.41 Å². The van der Waals surface area contributed by atoms with Crippen LogP contribution in [0.5, 0.6) is 0 Å². The van der Waals surface area contributed by atoms with E-state index < -0.39 is 0 Å². The molecule has 0 aromatic heterocycles. The van der Waals surface area contributed by atoms with E-state index in [4.69, 9.17) is 4.74 Å². The maximum absolute atomic E-state index is 5.38. The first-order valence-corrected chi connectivity index (χ1v) is 6.97. The van der Waals surface area contributed by atoms with Crippen LogP contribution in [0.2, 0.25) is 0 Å². The molecule has 1 aliphatic rings. The number of ether oxygens (including phenoxy) is 1. The molecule has 1 fully saturated rings. The zero-order valence-corrected chi connectivity index (χ0v) is 10.0. The van der Waals surface area contributed by atoms with E-state index in [0.717, 1.165) is 18.5 Å². The first kappa shape index (κ1) is 10.9. The van der Waals surface area contributed by atoms with Crippen LogP contribution < -0.4 is 0 Å². The highest BCUT2D eigenvalue weighted by Gasteiger charge is 2.30. The molecule has 1 aliphatic heterocycles. The Labute approximate surface area is 87.8 Å². The highest BCUT2D eigenvalue weighted by molar-refractivity contribution is 9.09. The molecular formula is C9H17BrOS. The molecule has 0 amide bonds. The third-order valence-electron chi connectivity index (χ3n) is 2.67. The minimum atomic E-state index is 0.543. The van der Waals surface area contributed by atoms with Gasteiger partial charge in [-0.3, -0.25) is 0 Å². The molecule has 0 bridgehead atoms. The van der Waals surface area contributed by atoms with Crippen molar-refractivity contribution in [1.29, 1.82) is 0 Å². The average molecular weight is 253 g/mol. The molecule has 1 rings (SSSR count). The number of hydrogen-bond acceptors (Lipinski definition) is 2. The van der Waals surface area contributed by atoms with Crippen molar-refractivity contribution in [2.45, 2.75) is 19.3 Å². The Balaban J connectivity index is 2.37. The number of halogens is 1. The molecule has 0 unspecified atom stereocenters. The van der Waals surface area contributed by atoms with Crippen LogP contribution in [0.1, 0.15) is 19.3 Å². The van der Waals surface area contributed by atoms with E-state index in [9.17, 15) is 0 Å². The van der Waals surface area contributed by atoms with E-state index in [1.165, 1.54) is 25.0 Å². The molecular weight excluding hydrogens is 236 g/mol. The fraction of sp³-hybridized carbons (Fsp3) is 1.00. The predicted octanol–water partition coefficient (Wildman–Crippen LogP) is 2.93. The summed E-state index contributed by atoms with van der Waals surface area (Å²) in [5.41, 5.74) is 0.543. The predicted molar refractivity (Wildman–Crippen MR) is 59.3 cm³/mol. The van der Waals surface area contributed by atoms with Gasteiger partial charge in [0.1, 0.15) is 0 Å². The van der Waals surface area contributed by atoms with Gasteiger partial charge in [-0.05, 0) is 36.7 Å². The highest BCUT2D eigenvalue weighted by atomic mass is 79.9. The molecule has 1 nitrogen and oxygen atoms in total. The van der Waals surface area contributed by atoms with Gasteiger partial charge in [-0.1, -0.05) is 15.9 Å². The van der Waals surface area contributed by atoms with Gasteiger partial charge in [-0.2, -0.15) is 11.8 Å². The number of alkyl halides is 1. The molecule has 0 aromatic rings. The third kappa shape index (κ3) is 2.93. The van der Waals surface area contributed by atoms with Gasteiger partial charge in [0.05, 0.1) is 0 Å². The maximum Gasteiger partial charge on any atom is 0.0471 e. The summed E-state index contributed by atoms with van der Waals surface area (Å²) >= 11 is 5.58. The van der Waals surface area contributed by atoms with Crippen LogP contribution >= 0.6 is 27.7 Å². The van der Waals surface area contributed by atoms with Crippen LogP contribution in [0.15, 0.2) is 0 Å². The van der Waals surface area contributed by atoms with E-state index in [1.54, 1.807) is 0 Å². The lowest BCUT2D eigenvalue weighted by atomic mass is 9.80. The lowest BCUT2D eigenvalue weighted by Gasteiger charge is -2.35. The first-order valence-electron chi connectivity index (χ1n) is 4.46. The van der Waals surface area contributed by atoms with E-state index in [-0.39, 0.29) is 0 Å². The number of thioether (sulfide) groups is 1. The van der Waals surface area contributed by atoms with Gasteiger partial charge in [0.2, 0.25) is 0 Å². The van der Waals surface area contributed by atoms with Gasteiger partial charge in [-0.15, -0.1) is 0 Å². The minimum absolute atomic E-state index is 0.543. The van der Waals surface area contributed by atoms with E-state index in [1.807, 2.05) is 11.8 Å². The van der Waals surface area contributed by atoms with E-state index in [2.05, 4.69) is 22.2 Å². The standard InChI is InChI=1S/C9H17BrOS/c1-12-7-4-9(8-10)2-5-11-6-3-9/h2-8H2,1H3. The van der Waals surface area contributed by atoms with E-state index >= 15 is 0 Å². The Bertz CT molecular complexity index is 124. The Hall–Kier alpha value is 0.790. The molecule has 0 spiro atoms. The fourth-order valence-corrected chi connectivity index (χ4v) is 3.05. The summed E-state index contributed by atoms with van der Waals surface area (Å²) in [6.45, 7) is 1.92. The first-order chi connectivity index (χ1) is 5.83. The average Bonchev–Trinajstić information content (AvgIpc) is 2.16. The van der Waals surface area contributed by atoms with Crippen molar-refractivity contribution in [2.75, 3.05) is 30.6 Å². The molecule has 3 heteroatoms. The Morgan fingerprint density at radius 3 is 2.58 bits per heavy atom. The summed E-state index contributed by atoms with van der Waals surface area (Å²) in [5, 5.41) is 1.14. The normalized spacial score (nSPS) is 22.5. The Morgan fingerprint density at radius 2 is 2.08 bits per heavy atom. The van der Waals surface area contributed by atoms with E-state index in [0.29, 0.717) is 5.41 Å². The summed E-state index contributed by atoms with van der Waals surface area (Å²) in [6.07, 6.45) is 5.99. The summed E-state index contributed by atoms with van der Waals surface area (Å²) < 4.78 is 5.38. The summed E-state index contributed by atoms with van der Waals surface area (Å²) in [5.74, 6) is 1.28. The molecule has 0 atom stereocenters. The zero-order valence-electron chi connectivity index (χ0n) is 7.64. The van der Waals surface area contributed by atoms with Crippen molar-refractivity contribution < 1.29 is 4.74 Å². The third-order valence-corrected chi connectivity index (χ3v) is 4.48. The van der Waals surface area contributed by atoms with Gasteiger partial charge in [0.15, 0.2) is 0 Å². The van der Waals surface area contributed by atoms with Crippen LogP contribution in [-0.2, 0) is 4.74 Å². The smallest absolute Gasteiger partial charge is 0.0471 e. The van der Waals surface area contributed by atoms with Gasteiger partial charge in [0.25, 0.3) is 0 Å². The molecule has 0 saturated carbocycles. The monoisotopic (exact) mass is 252 g/mol. The van der Waals surface area contributed by atoms with Crippen molar-refractivity contribution >= 4 is 27.7 Å². The molecule has 0 radical (unpaired) electrons. The highest BCUT2D eigenvalue weighted by Crippen LogP contribution is 2.36. The second kappa shape index (κ2) is 5.51. The van der Waals surface area contributed by atoms with Crippen LogP contribution in [0, 0.1) is 5.41 Å². The molecule has 0 aliphatic carbocycles. The van der Waals surface area contributed by atoms with Crippen LogP contribution in [-0.4, -0.2) is 30.6 Å². The van der Waals surface area contributed by atoms with Crippen molar-refractivity contribution in [3.05, 3.63) is 0 Å². The van der Waals surface area contributed by atoms with Crippen molar-refractivity contribution in [3.63, 3.8) is 0 Å². The number of rotatable bonds is 4. The van der Waals surface area contributed by atoms with Crippen molar-refractivity contribution in [1.82, 2.24) is 0 Å². The van der Waals surface area contributed by atoms with Crippen LogP contribution in [0.3, 0.4) is 0 Å². The van der Waals surface area contributed by atoms with Gasteiger partial charge in [0, 0.05) is 18.5 Å². The summed E-state index contributed by atoms with van der Waals surface area (Å²) in [7, 11) is 0.